The standard InChI is InChI=1S/C34H39BrN2O6/c1-2-8-22-19-25-32(34(42)37(33(25)41)16-7-3-4-10-30(39)40)26-20-43-29(31(22)26)14-11-21(27-9-5-6-15-36-27)17-23-18-24(35)12-13-28(23)38/h5-6,9,12-13,15,17-18,25-26,29,32,38H,2-4,7-8,10-11,14,16,19-20H2,1H3,(H,39,40)/b21-17-/t25-,26+,29-,32-/m1/s1. The van der Waals surface area contributed by atoms with Gasteiger partial charge >= 0.3 is 5.97 Å². The number of benzene rings is 1. The summed E-state index contributed by atoms with van der Waals surface area (Å²) < 4.78 is 7.29. The zero-order chi connectivity index (χ0) is 30.5. The van der Waals surface area contributed by atoms with Gasteiger partial charge in [0.25, 0.3) is 0 Å². The third-order valence-corrected chi connectivity index (χ3v) is 9.41. The van der Waals surface area contributed by atoms with Crippen molar-refractivity contribution in [2.45, 2.75) is 70.8 Å². The smallest absolute Gasteiger partial charge is 0.303 e. The van der Waals surface area contributed by atoms with E-state index in [1.165, 1.54) is 16.0 Å². The fourth-order valence-corrected chi connectivity index (χ4v) is 7.34. The quantitative estimate of drug-likeness (QED) is 0.142. The maximum absolute atomic E-state index is 13.6. The largest absolute Gasteiger partial charge is 0.507 e. The Morgan fingerprint density at radius 1 is 1.12 bits per heavy atom. The van der Waals surface area contributed by atoms with E-state index in [-0.39, 0.29) is 41.9 Å². The normalized spacial score (nSPS) is 23.6. The SMILES string of the molecule is CCCC1=C2[C@@H](CC/C(=C/c3cc(Br)ccc3O)c3ccccn3)OC[C@@H]2[C@@H]2C(=O)N(CCCCCC(=O)O)C(=O)[C@@H]2C1. The summed E-state index contributed by atoms with van der Waals surface area (Å²) in [5.41, 5.74) is 4.98. The fourth-order valence-electron chi connectivity index (χ4n) is 6.96. The summed E-state index contributed by atoms with van der Waals surface area (Å²) in [7, 11) is 0. The lowest BCUT2D eigenvalue weighted by Crippen LogP contribution is -2.34. The van der Waals surface area contributed by atoms with Crippen LogP contribution < -0.4 is 0 Å². The molecule has 1 aliphatic carbocycles. The summed E-state index contributed by atoms with van der Waals surface area (Å²) in [6.07, 6.45) is 9.29. The molecule has 2 aliphatic heterocycles. The number of pyridine rings is 1. The fraction of sp³-hybridized carbons (Fsp3) is 0.471. The number of carboxylic acid groups (broad SMARTS) is 1. The van der Waals surface area contributed by atoms with Crippen molar-refractivity contribution in [3.8, 4) is 5.75 Å². The summed E-state index contributed by atoms with van der Waals surface area (Å²) in [5, 5.41) is 19.4. The molecule has 43 heavy (non-hydrogen) atoms. The van der Waals surface area contributed by atoms with Gasteiger partial charge in [-0.15, -0.1) is 0 Å². The van der Waals surface area contributed by atoms with Crippen LogP contribution in [0.3, 0.4) is 0 Å². The van der Waals surface area contributed by atoms with Crippen LogP contribution in [0, 0.1) is 17.8 Å². The summed E-state index contributed by atoms with van der Waals surface area (Å²) in [4.78, 5) is 43.9. The Kier molecular flexibility index (Phi) is 10.1. The molecule has 2 fully saturated rings. The molecule has 0 spiro atoms. The number of carbonyl (C=O) groups excluding carboxylic acids is 2. The first kappa shape index (κ1) is 31.1. The molecule has 8 nitrogen and oxygen atoms in total. The van der Waals surface area contributed by atoms with Crippen LogP contribution in [0.2, 0.25) is 0 Å². The molecule has 3 aliphatic rings. The maximum Gasteiger partial charge on any atom is 0.303 e. The Balaban J connectivity index is 1.34. The maximum atomic E-state index is 13.6. The van der Waals surface area contributed by atoms with Crippen LogP contribution in [-0.4, -0.2) is 57.1 Å². The van der Waals surface area contributed by atoms with Crippen LogP contribution in [0.25, 0.3) is 11.6 Å². The number of allylic oxidation sites excluding steroid dienone is 2. The van der Waals surface area contributed by atoms with Gasteiger partial charge in [-0.1, -0.05) is 47.3 Å². The highest BCUT2D eigenvalue weighted by Crippen LogP contribution is 2.51. The average Bonchev–Trinajstić information content (AvgIpc) is 3.52. The molecular formula is C34H39BrN2O6. The van der Waals surface area contributed by atoms with E-state index in [1.54, 1.807) is 18.3 Å². The Bertz CT molecular complexity index is 1420. The Labute approximate surface area is 261 Å². The molecule has 2 saturated heterocycles. The number of halogens is 1. The number of imide groups is 1. The number of hydrogen-bond acceptors (Lipinski definition) is 6. The predicted octanol–water partition coefficient (Wildman–Crippen LogP) is 6.63. The Hall–Kier alpha value is -3.30. The lowest BCUT2D eigenvalue weighted by molar-refractivity contribution is -0.141. The van der Waals surface area contributed by atoms with Gasteiger partial charge < -0.3 is 14.9 Å². The summed E-state index contributed by atoms with van der Waals surface area (Å²) in [6.45, 7) is 2.91. The first-order valence-electron chi connectivity index (χ1n) is 15.3. The average molecular weight is 652 g/mol. The number of rotatable bonds is 13. The molecule has 0 radical (unpaired) electrons. The lowest BCUT2D eigenvalue weighted by atomic mass is 9.68. The van der Waals surface area contributed by atoms with E-state index in [0.717, 1.165) is 28.6 Å². The molecule has 0 saturated carbocycles. The summed E-state index contributed by atoms with van der Waals surface area (Å²) >= 11 is 3.50. The number of phenolic OH excluding ortho intramolecular Hbond substituents is 1. The van der Waals surface area contributed by atoms with Gasteiger partial charge in [0.05, 0.1) is 30.2 Å². The van der Waals surface area contributed by atoms with E-state index in [1.807, 2.05) is 30.3 Å². The molecule has 9 heteroatoms. The number of aromatic hydroxyl groups is 1. The third-order valence-electron chi connectivity index (χ3n) is 8.91. The highest BCUT2D eigenvalue weighted by atomic mass is 79.9. The molecule has 228 valence electrons. The number of carbonyl (C=O) groups is 3. The Morgan fingerprint density at radius 3 is 2.70 bits per heavy atom. The lowest BCUT2D eigenvalue weighted by Gasteiger charge is -2.32. The number of unbranched alkanes of at least 4 members (excludes halogenated alkanes) is 2. The molecule has 1 aromatic carbocycles. The molecule has 2 N–H and O–H groups in total. The molecular weight excluding hydrogens is 612 g/mol. The monoisotopic (exact) mass is 650 g/mol. The molecule has 0 unspecified atom stereocenters. The zero-order valence-corrected chi connectivity index (χ0v) is 26.1. The van der Waals surface area contributed by atoms with Crippen molar-refractivity contribution in [3.63, 3.8) is 0 Å². The minimum Gasteiger partial charge on any atom is -0.507 e. The number of fused-ring (bicyclic) bond motifs is 3. The van der Waals surface area contributed by atoms with Gasteiger partial charge in [0.1, 0.15) is 5.75 Å². The van der Waals surface area contributed by atoms with Crippen LogP contribution in [0.15, 0.2) is 58.2 Å². The second-order valence-corrected chi connectivity index (χ2v) is 12.6. The van der Waals surface area contributed by atoms with Crippen molar-refractivity contribution < 1.29 is 29.3 Å². The van der Waals surface area contributed by atoms with Crippen molar-refractivity contribution in [2.75, 3.05) is 13.2 Å². The van der Waals surface area contributed by atoms with E-state index < -0.39 is 11.9 Å². The molecule has 4 atom stereocenters. The van der Waals surface area contributed by atoms with Crippen molar-refractivity contribution in [2.24, 2.45) is 17.8 Å². The van der Waals surface area contributed by atoms with Gasteiger partial charge in [0.2, 0.25) is 11.8 Å². The highest BCUT2D eigenvalue weighted by molar-refractivity contribution is 9.10. The van der Waals surface area contributed by atoms with E-state index in [4.69, 9.17) is 9.84 Å². The van der Waals surface area contributed by atoms with Crippen LogP contribution >= 0.6 is 15.9 Å². The van der Waals surface area contributed by atoms with Gasteiger partial charge in [0, 0.05) is 35.1 Å². The number of nitrogens with zero attached hydrogens (tertiary/aromatic N) is 2. The predicted molar refractivity (Wildman–Crippen MR) is 167 cm³/mol. The zero-order valence-electron chi connectivity index (χ0n) is 24.5. The molecule has 3 heterocycles. The molecule has 5 rings (SSSR count). The Morgan fingerprint density at radius 2 is 1.95 bits per heavy atom. The van der Waals surface area contributed by atoms with Crippen LogP contribution in [0.5, 0.6) is 5.75 Å². The van der Waals surface area contributed by atoms with Crippen molar-refractivity contribution >= 4 is 45.4 Å². The molecule has 0 bridgehead atoms. The number of likely N-dealkylation sites (tertiary alicyclic amines) is 1. The minimum absolute atomic E-state index is 0.0847. The van der Waals surface area contributed by atoms with E-state index in [9.17, 15) is 19.5 Å². The number of ether oxygens (including phenoxy) is 1. The van der Waals surface area contributed by atoms with Crippen molar-refractivity contribution in [3.05, 3.63) is 69.5 Å². The van der Waals surface area contributed by atoms with E-state index in [0.29, 0.717) is 57.2 Å². The highest BCUT2D eigenvalue weighted by Gasteiger charge is 2.56. The molecule has 1 aromatic heterocycles. The van der Waals surface area contributed by atoms with Crippen LogP contribution in [0.1, 0.15) is 76.0 Å². The summed E-state index contributed by atoms with van der Waals surface area (Å²) in [5.74, 6) is -1.66. The van der Waals surface area contributed by atoms with Gasteiger partial charge in [-0.3, -0.25) is 24.3 Å². The van der Waals surface area contributed by atoms with Gasteiger partial charge in [0.15, 0.2) is 0 Å². The first-order chi connectivity index (χ1) is 20.8. The summed E-state index contributed by atoms with van der Waals surface area (Å²) in [6, 6.07) is 11.1. The number of amides is 2. The van der Waals surface area contributed by atoms with Gasteiger partial charge in [-0.2, -0.15) is 0 Å². The molecule has 2 amide bonds. The van der Waals surface area contributed by atoms with Gasteiger partial charge in [-0.05, 0) is 86.1 Å². The number of phenols is 1. The third kappa shape index (κ3) is 6.93. The second-order valence-electron chi connectivity index (χ2n) is 11.7. The van der Waals surface area contributed by atoms with Crippen molar-refractivity contribution in [1.82, 2.24) is 9.88 Å². The van der Waals surface area contributed by atoms with E-state index in [2.05, 4.69) is 27.8 Å². The number of hydrogen-bond donors (Lipinski definition) is 2. The number of aliphatic carboxylic acids is 1. The van der Waals surface area contributed by atoms with E-state index >= 15 is 0 Å². The number of aromatic nitrogens is 1. The topological polar surface area (TPSA) is 117 Å². The van der Waals surface area contributed by atoms with Crippen LogP contribution in [0.4, 0.5) is 0 Å². The number of carboxylic acids is 1. The van der Waals surface area contributed by atoms with Crippen LogP contribution in [-0.2, 0) is 19.1 Å². The van der Waals surface area contributed by atoms with Crippen molar-refractivity contribution in [1.29, 1.82) is 0 Å². The van der Waals surface area contributed by atoms with Gasteiger partial charge in [-0.25, -0.2) is 0 Å². The second kappa shape index (κ2) is 14.0. The minimum atomic E-state index is -0.828. The first-order valence-corrected chi connectivity index (χ1v) is 16.1. The molecule has 2 aromatic rings.